The van der Waals surface area contributed by atoms with Crippen LogP contribution in [-0.2, 0) is 4.79 Å². The monoisotopic (exact) mass is 314 g/mol. The molecule has 0 bridgehead atoms. The first-order valence-corrected chi connectivity index (χ1v) is 9.34. The number of carbonyl (C=O) groups excluding carboxylic acids is 1. The molecule has 0 radical (unpaired) electrons. The van der Waals surface area contributed by atoms with E-state index in [1.165, 1.54) is 44.9 Å². The molecule has 1 N–H and O–H groups in total. The SMILES string of the molecule is CCCCCCCCCCCC(=O)NCCC[N+](C)([O-])CC. The fourth-order valence-corrected chi connectivity index (χ4v) is 2.48. The van der Waals surface area contributed by atoms with Gasteiger partial charge in [0, 0.05) is 19.4 Å². The van der Waals surface area contributed by atoms with Gasteiger partial charge in [0.05, 0.1) is 20.1 Å². The number of rotatable bonds is 15. The van der Waals surface area contributed by atoms with Gasteiger partial charge in [-0.25, -0.2) is 0 Å². The van der Waals surface area contributed by atoms with Gasteiger partial charge >= 0.3 is 0 Å². The summed E-state index contributed by atoms with van der Waals surface area (Å²) in [6, 6.07) is 0. The fraction of sp³-hybridized carbons (Fsp3) is 0.944. The molecule has 0 aliphatic rings. The van der Waals surface area contributed by atoms with Crippen LogP contribution in [0.15, 0.2) is 0 Å². The Bertz CT molecular complexity index is 268. The van der Waals surface area contributed by atoms with E-state index in [1.54, 1.807) is 7.05 Å². The van der Waals surface area contributed by atoms with Crippen LogP contribution in [0.4, 0.5) is 0 Å². The highest BCUT2D eigenvalue weighted by Gasteiger charge is 2.06. The summed E-state index contributed by atoms with van der Waals surface area (Å²) in [5, 5.41) is 14.6. The third-order valence-corrected chi connectivity index (χ3v) is 4.31. The summed E-state index contributed by atoms with van der Waals surface area (Å²) in [6.45, 7) is 5.94. The number of quaternary nitrogens is 1. The van der Waals surface area contributed by atoms with Crippen molar-refractivity contribution in [2.24, 2.45) is 0 Å². The first-order chi connectivity index (χ1) is 10.5. The smallest absolute Gasteiger partial charge is 0.219 e. The Morgan fingerprint density at radius 3 is 2.00 bits per heavy atom. The lowest BCUT2D eigenvalue weighted by atomic mass is 10.1. The molecule has 0 fully saturated rings. The maximum atomic E-state index is 11.7. The molecule has 0 aliphatic heterocycles. The minimum Gasteiger partial charge on any atom is -0.633 e. The van der Waals surface area contributed by atoms with E-state index in [0.717, 1.165) is 19.3 Å². The highest BCUT2D eigenvalue weighted by Crippen LogP contribution is 2.10. The summed E-state index contributed by atoms with van der Waals surface area (Å²) in [6.07, 6.45) is 12.9. The van der Waals surface area contributed by atoms with Crippen LogP contribution in [-0.4, -0.2) is 37.2 Å². The van der Waals surface area contributed by atoms with Gasteiger partial charge in [0.15, 0.2) is 0 Å². The second kappa shape index (κ2) is 14.0. The van der Waals surface area contributed by atoms with Crippen molar-refractivity contribution in [1.29, 1.82) is 0 Å². The van der Waals surface area contributed by atoms with Gasteiger partial charge in [-0.3, -0.25) is 4.79 Å². The first-order valence-electron chi connectivity index (χ1n) is 9.34. The zero-order valence-corrected chi connectivity index (χ0v) is 15.2. The van der Waals surface area contributed by atoms with Gasteiger partial charge in [-0.1, -0.05) is 58.3 Å². The minimum absolute atomic E-state index is 0.138. The number of unbranched alkanes of at least 4 members (excludes halogenated alkanes) is 8. The zero-order chi connectivity index (χ0) is 16.7. The van der Waals surface area contributed by atoms with Gasteiger partial charge in [0.2, 0.25) is 5.91 Å². The molecule has 22 heavy (non-hydrogen) atoms. The van der Waals surface area contributed by atoms with E-state index in [0.29, 0.717) is 26.1 Å². The Balaban J connectivity index is 3.29. The molecule has 4 nitrogen and oxygen atoms in total. The summed E-state index contributed by atoms with van der Waals surface area (Å²) in [4.78, 5) is 11.6. The standard InChI is InChI=1S/C18H38N2O2/c1-4-6-7-8-9-10-11-12-13-15-18(21)19-16-14-17-20(3,22)5-2/h4-17H2,1-3H3,(H,19,21). The predicted octanol–water partition coefficient (Wildman–Crippen LogP) is 4.38. The lowest BCUT2D eigenvalue weighted by molar-refractivity contribution is -0.858. The van der Waals surface area contributed by atoms with Gasteiger partial charge < -0.3 is 15.2 Å². The number of hydroxylamine groups is 3. The van der Waals surface area contributed by atoms with Crippen molar-refractivity contribution in [3.8, 4) is 0 Å². The molecule has 0 heterocycles. The van der Waals surface area contributed by atoms with Gasteiger partial charge in [0.25, 0.3) is 0 Å². The lowest BCUT2D eigenvalue weighted by Gasteiger charge is -2.37. The van der Waals surface area contributed by atoms with Crippen molar-refractivity contribution in [3.63, 3.8) is 0 Å². The molecule has 0 saturated carbocycles. The van der Waals surface area contributed by atoms with Crippen LogP contribution < -0.4 is 5.32 Å². The molecule has 1 atom stereocenters. The normalized spacial score (nSPS) is 13.8. The highest BCUT2D eigenvalue weighted by molar-refractivity contribution is 5.75. The molecule has 0 rings (SSSR count). The van der Waals surface area contributed by atoms with Crippen LogP contribution in [0.3, 0.4) is 0 Å². The topological polar surface area (TPSA) is 52.2 Å². The summed E-state index contributed by atoms with van der Waals surface area (Å²) in [5.41, 5.74) is 0. The third-order valence-electron chi connectivity index (χ3n) is 4.31. The van der Waals surface area contributed by atoms with E-state index in [4.69, 9.17) is 0 Å². The van der Waals surface area contributed by atoms with Crippen LogP contribution >= 0.6 is 0 Å². The highest BCUT2D eigenvalue weighted by atomic mass is 16.5. The Labute approximate surface area is 137 Å². The largest absolute Gasteiger partial charge is 0.633 e. The number of nitrogens with zero attached hydrogens (tertiary/aromatic N) is 1. The zero-order valence-electron chi connectivity index (χ0n) is 15.2. The van der Waals surface area contributed by atoms with Crippen LogP contribution in [0.2, 0.25) is 0 Å². The van der Waals surface area contributed by atoms with Crippen LogP contribution in [0.25, 0.3) is 0 Å². The van der Waals surface area contributed by atoms with E-state index in [-0.39, 0.29) is 10.6 Å². The second-order valence-corrected chi connectivity index (χ2v) is 6.62. The Morgan fingerprint density at radius 2 is 1.45 bits per heavy atom. The number of hydrogen-bond donors (Lipinski definition) is 1. The van der Waals surface area contributed by atoms with Gasteiger partial charge in [-0.15, -0.1) is 0 Å². The average molecular weight is 315 g/mol. The lowest BCUT2D eigenvalue weighted by Crippen LogP contribution is -2.39. The van der Waals surface area contributed by atoms with Crippen LogP contribution in [0.5, 0.6) is 0 Å². The molecular formula is C18H38N2O2. The summed E-state index contributed by atoms with van der Waals surface area (Å²) >= 11 is 0. The van der Waals surface area contributed by atoms with Gasteiger partial charge in [-0.2, -0.15) is 0 Å². The van der Waals surface area contributed by atoms with Crippen molar-refractivity contribution < 1.29 is 9.44 Å². The molecular weight excluding hydrogens is 276 g/mol. The van der Waals surface area contributed by atoms with E-state index in [2.05, 4.69) is 12.2 Å². The number of amides is 1. The third kappa shape index (κ3) is 14.3. The van der Waals surface area contributed by atoms with E-state index >= 15 is 0 Å². The Morgan fingerprint density at radius 1 is 0.909 bits per heavy atom. The van der Waals surface area contributed by atoms with Crippen molar-refractivity contribution in [2.75, 3.05) is 26.7 Å². The van der Waals surface area contributed by atoms with Gasteiger partial charge in [-0.05, 0) is 13.3 Å². The molecule has 0 aromatic rings. The van der Waals surface area contributed by atoms with Crippen LogP contribution in [0.1, 0.15) is 84.5 Å². The summed E-state index contributed by atoms with van der Waals surface area (Å²) < 4.78 is -0.214. The number of carbonyl (C=O) groups is 1. The second-order valence-electron chi connectivity index (χ2n) is 6.62. The van der Waals surface area contributed by atoms with Crippen molar-refractivity contribution >= 4 is 5.91 Å². The van der Waals surface area contributed by atoms with E-state index < -0.39 is 0 Å². The average Bonchev–Trinajstić information content (AvgIpc) is 2.50. The first kappa shape index (κ1) is 21.4. The fourth-order valence-electron chi connectivity index (χ4n) is 2.48. The van der Waals surface area contributed by atoms with E-state index in [9.17, 15) is 10.0 Å². The quantitative estimate of drug-likeness (QED) is 0.277. The van der Waals surface area contributed by atoms with Crippen molar-refractivity contribution in [3.05, 3.63) is 5.21 Å². The molecule has 1 amide bonds. The molecule has 1 unspecified atom stereocenters. The summed E-state index contributed by atoms with van der Waals surface area (Å²) in [7, 11) is 1.68. The van der Waals surface area contributed by atoms with Crippen LogP contribution in [0, 0.1) is 5.21 Å². The van der Waals surface area contributed by atoms with Crippen molar-refractivity contribution in [2.45, 2.75) is 84.5 Å². The summed E-state index contributed by atoms with van der Waals surface area (Å²) in [5.74, 6) is 0.138. The Hall–Kier alpha value is -0.610. The van der Waals surface area contributed by atoms with Gasteiger partial charge in [0.1, 0.15) is 0 Å². The van der Waals surface area contributed by atoms with E-state index in [1.807, 2.05) is 6.92 Å². The van der Waals surface area contributed by atoms with Crippen molar-refractivity contribution in [1.82, 2.24) is 5.32 Å². The molecule has 0 aliphatic carbocycles. The number of nitrogens with one attached hydrogen (secondary N) is 1. The number of hydrogen-bond acceptors (Lipinski definition) is 2. The maximum Gasteiger partial charge on any atom is 0.219 e. The predicted molar refractivity (Wildman–Crippen MR) is 94.4 cm³/mol. The Kier molecular flexibility index (Phi) is 13.6. The molecule has 0 spiro atoms. The molecule has 0 saturated heterocycles. The molecule has 4 heteroatoms. The molecule has 132 valence electrons. The minimum atomic E-state index is -0.214. The molecule has 0 aromatic heterocycles. The maximum absolute atomic E-state index is 11.7. The molecule has 0 aromatic carbocycles.